The molecule has 0 spiro atoms. The first kappa shape index (κ1) is 16.8. The molecule has 1 unspecified atom stereocenters. The summed E-state index contributed by atoms with van der Waals surface area (Å²) in [6.07, 6.45) is 3.88. The van der Waals surface area contributed by atoms with Gasteiger partial charge in [-0.2, -0.15) is 19.6 Å². The van der Waals surface area contributed by atoms with Crippen LogP contribution in [-0.4, -0.2) is 61.1 Å². The van der Waals surface area contributed by atoms with Crippen molar-refractivity contribution in [3.63, 3.8) is 0 Å². The zero-order chi connectivity index (χ0) is 18.4. The first-order valence-electron chi connectivity index (χ1n) is 7.95. The van der Waals surface area contributed by atoms with Gasteiger partial charge in [-0.05, 0) is 12.5 Å². The standard InChI is InChI=1S/C15H15FN6O3S/c1-26(25)14-19-12-9(4-8-5-11(23)18-13(8)24)6-17-22(12)15(20-14)21-3-2-10(16)7-21/h4,6,10H,2-3,5,7H2,1H3,(H,18,23,24)/t10-,26?/m0/s1. The molecular formula is C15H15FN6O3S. The fraction of sp³-hybridized carbons (Fsp3) is 0.400. The average molecular weight is 378 g/mol. The number of rotatable bonds is 3. The van der Waals surface area contributed by atoms with Gasteiger partial charge in [-0.25, -0.2) is 4.39 Å². The van der Waals surface area contributed by atoms with Crippen LogP contribution in [0.3, 0.4) is 0 Å². The molecule has 4 heterocycles. The molecule has 2 atom stereocenters. The van der Waals surface area contributed by atoms with Crippen molar-refractivity contribution in [1.29, 1.82) is 0 Å². The number of amides is 2. The molecule has 0 aromatic carbocycles. The van der Waals surface area contributed by atoms with Crippen molar-refractivity contribution in [2.24, 2.45) is 0 Å². The highest BCUT2D eigenvalue weighted by molar-refractivity contribution is 7.84. The number of aromatic nitrogens is 4. The van der Waals surface area contributed by atoms with Crippen molar-refractivity contribution < 1.29 is 18.2 Å². The Morgan fingerprint density at radius 2 is 2.19 bits per heavy atom. The molecule has 136 valence electrons. The number of hydrogen-bond donors (Lipinski definition) is 1. The number of hydrogen-bond acceptors (Lipinski definition) is 7. The number of carbonyl (C=O) groups is 2. The average Bonchev–Trinajstić information content (AvgIpc) is 3.27. The smallest absolute Gasteiger partial charge is 0.254 e. The zero-order valence-electron chi connectivity index (χ0n) is 13.8. The van der Waals surface area contributed by atoms with Gasteiger partial charge in [0.25, 0.3) is 5.91 Å². The van der Waals surface area contributed by atoms with Crippen LogP contribution >= 0.6 is 0 Å². The van der Waals surface area contributed by atoms with Crippen molar-refractivity contribution in [3.8, 4) is 0 Å². The molecule has 2 aliphatic heterocycles. The van der Waals surface area contributed by atoms with Gasteiger partial charge in [0, 0.05) is 23.9 Å². The Morgan fingerprint density at radius 3 is 2.81 bits per heavy atom. The topological polar surface area (TPSA) is 110 Å². The molecule has 2 amide bonds. The van der Waals surface area contributed by atoms with Crippen LogP contribution < -0.4 is 10.2 Å². The van der Waals surface area contributed by atoms with E-state index in [1.165, 1.54) is 23.0 Å². The maximum absolute atomic E-state index is 13.6. The van der Waals surface area contributed by atoms with Gasteiger partial charge in [0.05, 0.1) is 30.0 Å². The molecule has 0 saturated carbocycles. The monoisotopic (exact) mass is 378 g/mol. The molecule has 2 aromatic heterocycles. The van der Waals surface area contributed by atoms with E-state index < -0.39 is 22.9 Å². The van der Waals surface area contributed by atoms with Crippen LogP contribution in [0.4, 0.5) is 10.3 Å². The Balaban J connectivity index is 1.85. The Bertz CT molecular complexity index is 987. The van der Waals surface area contributed by atoms with Crippen LogP contribution in [0.15, 0.2) is 16.9 Å². The highest BCUT2D eigenvalue weighted by Crippen LogP contribution is 2.24. The summed E-state index contributed by atoms with van der Waals surface area (Å²) in [7, 11) is -1.45. The first-order valence-corrected chi connectivity index (χ1v) is 9.51. The highest BCUT2D eigenvalue weighted by atomic mass is 32.2. The second-order valence-corrected chi connectivity index (χ2v) is 7.42. The molecule has 9 nitrogen and oxygen atoms in total. The fourth-order valence-electron chi connectivity index (χ4n) is 3.00. The van der Waals surface area contributed by atoms with Gasteiger partial charge in [-0.1, -0.05) is 0 Å². The largest absolute Gasteiger partial charge is 0.338 e. The maximum Gasteiger partial charge on any atom is 0.254 e. The normalized spacial score (nSPS) is 23.2. The molecule has 0 bridgehead atoms. The van der Waals surface area contributed by atoms with E-state index in [0.29, 0.717) is 35.7 Å². The van der Waals surface area contributed by atoms with Crippen molar-refractivity contribution >= 4 is 40.3 Å². The lowest BCUT2D eigenvalue weighted by atomic mass is 10.1. The van der Waals surface area contributed by atoms with Gasteiger partial charge in [-0.15, -0.1) is 0 Å². The lowest BCUT2D eigenvalue weighted by molar-refractivity contribution is -0.124. The molecular weight excluding hydrogens is 363 g/mol. The minimum atomic E-state index is -1.45. The molecule has 0 radical (unpaired) electrons. The molecule has 2 aromatic rings. The van der Waals surface area contributed by atoms with Crippen LogP contribution in [0.2, 0.25) is 0 Å². The fourth-order valence-corrected chi connectivity index (χ4v) is 3.43. The third-order valence-corrected chi connectivity index (χ3v) is 4.95. The lowest BCUT2D eigenvalue weighted by Crippen LogP contribution is -2.25. The van der Waals surface area contributed by atoms with Gasteiger partial charge in [0.2, 0.25) is 17.0 Å². The van der Waals surface area contributed by atoms with E-state index in [0.717, 1.165) is 0 Å². The Morgan fingerprint density at radius 1 is 1.38 bits per heavy atom. The second kappa shape index (κ2) is 6.24. The molecule has 1 N–H and O–H groups in total. The van der Waals surface area contributed by atoms with Gasteiger partial charge in [-0.3, -0.25) is 19.1 Å². The molecule has 2 aliphatic rings. The Labute approximate surface area is 149 Å². The van der Waals surface area contributed by atoms with E-state index in [1.807, 2.05) is 0 Å². The van der Waals surface area contributed by atoms with Crippen molar-refractivity contribution in [2.45, 2.75) is 24.2 Å². The van der Waals surface area contributed by atoms with Gasteiger partial charge < -0.3 is 4.90 Å². The molecule has 0 aliphatic carbocycles. The first-order chi connectivity index (χ1) is 12.4. The molecule has 11 heteroatoms. The number of nitrogens with one attached hydrogen (secondary N) is 1. The SMILES string of the molecule is CS(=O)c1nc(N2CC[C@H](F)C2)n2ncc(C=C3CC(=O)NC3=O)c2n1. The minimum absolute atomic E-state index is 0.0175. The summed E-state index contributed by atoms with van der Waals surface area (Å²) in [6.45, 7) is 0.644. The predicted octanol–water partition coefficient (Wildman–Crippen LogP) is -0.160. The molecule has 4 rings (SSSR count). The summed E-state index contributed by atoms with van der Waals surface area (Å²) in [5, 5.41) is 6.55. The van der Waals surface area contributed by atoms with Crippen LogP contribution in [0.5, 0.6) is 0 Å². The summed E-state index contributed by atoms with van der Waals surface area (Å²) < 4.78 is 27.0. The van der Waals surface area contributed by atoms with E-state index in [1.54, 1.807) is 4.90 Å². The third kappa shape index (κ3) is 2.87. The molecule has 26 heavy (non-hydrogen) atoms. The lowest BCUT2D eigenvalue weighted by Gasteiger charge is -2.17. The second-order valence-electron chi connectivity index (χ2n) is 6.15. The number of carbonyl (C=O) groups excluding carboxylic acids is 2. The summed E-state index contributed by atoms with van der Waals surface area (Å²) in [5.41, 5.74) is 1.15. The molecule has 2 saturated heterocycles. The van der Waals surface area contributed by atoms with E-state index in [2.05, 4.69) is 20.4 Å². The van der Waals surface area contributed by atoms with E-state index in [9.17, 15) is 18.2 Å². The van der Waals surface area contributed by atoms with Crippen LogP contribution in [0.1, 0.15) is 18.4 Å². The number of alkyl halides is 1. The molecule has 2 fully saturated rings. The van der Waals surface area contributed by atoms with Crippen molar-refractivity contribution in [1.82, 2.24) is 24.9 Å². The van der Waals surface area contributed by atoms with E-state index in [-0.39, 0.29) is 24.0 Å². The van der Waals surface area contributed by atoms with Crippen LogP contribution in [0.25, 0.3) is 11.7 Å². The highest BCUT2D eigenvalue weighted by Gasteiger charge is 2.28. The third-order valence-electron chi connectivity index (χ3n) is 4.25. The number of anilines is 1. The van der Waals surface area contributed by atoms with Crippen LogP contribution in [0, 0.1) is 0 Å². The van der Waals surface area contributed by atoms with E-state index >= 15 is 0 Å². The number of imide groups is 1. The van der Waals surface area contributed by atoms with Gasteiger partial charge in [0.15, 0.2) is 5.65 Å². The summed E-state index contributed by atoms with van der Waals surface area (Å²) in [6, 6.07) is 0. The summed E-state index contributed by atoms with van der Waals surface area (Å²) >= 11 is 0. The van der Waals surface area contributed by atoms with Crippen molar-refractivity contribution in [2.75, 3.05) is 24.2 Å². The maximum atomic E-state index is 13.6. The number of nitrogens with zero attached hydrogens (tertiary/aromatic N) is 5. The quantitative estimate of drug-likeness (QED) is 0.584. The minimum Gasteiger partial charge on any atom is -0.338 e. The number of halogens is 1. The van der Waals surface area contributed by atoms with Crippen LogP contribution in [-0.2, 0) is 20.4 Å². The van der Waals surface area contributed by atoms with E-state index in [4.69, 9.17) is 0 Å². The summed E-state index contributed by atoms with van der Waals surface area (Å²) in [5.74, 6) is -0.464. The predicted molar refractivity (Wildman–Crippen MR) is 90.6 cm³/mol. The zero-order valence-corrected chi connectivity index (χ0v) is 14.6. The van der Waals surface area contributed by atoms with Gasteiger partial charge >= 0.3 is 0 Å². The van der Waals surface area contributed by atoms with Crippen molar-refractivity contribution in [3.05, 3.63) is 17.3 Å². The Kier molecular flexibility index (Phi) is 4.02. The summed E-state index contributed by atoms with van der Waals surface area (Å²) in [4.78, 5) is 33.4. The van der Waals surface area contributed by atoms with Gasteiger partial charge in [0.1, 0.15) is 6.17 Å². The number of fused-ring (bicyclic) bond motifs is 1. The Hall–Kier alpha value is -2.69.